The van der Waals surface area contributed by atoms with Gasteiger partial charge in [-0.25, -0.2) is 0 Å². The predicted molar refractivity (Wildman–Crippen MR) is 153 cm³/mol. The molecule has 0 aromatic heterocycles. The Morgan fingerprint density at radius 3 is 0.737 bits per heavy atom. The summed E-state index contributed by atoms with van der Waals surface area (Å²) in [4.78, 5) is 0. The number of hydrogen-bond acceptors (Lipinski definition) is 4. The van der Waals surface area contributed by atoms with Crippen molar-refractivity contribution in [2.75, 3.05) is 0 Å². The zero-order chi connectivity index (χ0) is 26.6. The van der Waals surface area contributed by atoms with Crippen molar-refractivity contribution >= 4 is 42.1 Å². The van der Waals surface area contributed by atoms with Crippen LogP contribution in [0.5, 0.6) is 0 Å². The summed E-state index contributed by atoms with van der Waals surface area (Å²) < 4.78 is 9.87. The molecule has 0 fully saturated rings. The molecule has 6 heteroatoms. The van der Waals surface area contributed by atoms with Crippen molar-refractivity contribution in [1.82, 2.24) is 0 Å². The first kappa shape index (κ1) is 25.6. The molecule has 0 unspecified atom stereocenters. The number of benzene rings is 4. The van der Waals surface area contributed by atoms with Gasteiger partial charge in [-0.05, 0) is 0 Å². The Hall–Kier alpha value is -4.04. The quantitative estimate of drug-likeness (QED) is 0.305. The third-order valence-corrected chi connectivity index (χ3v) is 67.3. The van der Waals surface area contributed by atoms with E-state index in [1.54, 1.807) is 0 Å². The van der Waals surface area contributed by atoms with Gasteiger partial charge < -0.3 is 0 Å². The topological polar surface area (TPSA) is 95.2 Å². The summed E-state index contributed by atoms with van der Waals surface area (Å²) >= 11 is -7.46. The Morgan fingerprint density at radius 1 is 0.342 bits per heavy atom. The average molecular weight is 704 g/mol. The molecule has 1 heterocycles. The van der Waals surface area contributed by atoms with Gasteiger partial charge in [-0.1, -0.05) is 0 Å². The molecule has 1 aliphatic rings. The number of hydrogen-bond donors (Lipinski definition) is 0. The average Bonchev–Trinajstić information content (AvgIpc) is 3.01. The van der Waals surface area contributed by atoms with E-state index >= 15 is 0 Å². The third-order valence-electron chi connectivity index (χ3n) is 6.77. The molecule has 4 aromatic rings. The molecular formula is C32H20N4Sb2. The van der Waals surface area contributed by atoms with Crippen molar-refractivity contribution in [2.45, 2.75) is 0 Å². The first-order valence-corrected chi connectivity index (χ1v) is 28.6. The number of nitrogens with zero attached hydrogens (tertiary/aromatic N) is 4. The van der Waals surface area contributed by atoms with Gasteiger partial charge in [0.15, 0.2) is 0 Å². The minimum atomic E-state index is -3.73. The molecule has 0 aliphatic carbocycles. The van der Waals surface area contributed by atoms with Gasteiger partial charge in [-0.3, -0.25) is 0 Å². The number of allylic oxidation sites excluding steroid dienone is 2. The second-order valence-corrected chi connectivity index (χ2v) is 48.3. The molecule has 1 aliphatic heterocycles. The van der Waals surface area contributed by atoms with Crippen LogP contribution in [0.15, 0.2) is 117 Å². The molecule has 0 saturated heterocycles. The number of rotatable bonds is 4. The Morgan fingerprint density at radius 2 is 0.553 bits per heavy atom. The summed E-state index contributed by atoms with van der Waals surface area (Å²) in [6.07, 6.45) is 4.31. The van der Waals surface area contributed by atoms with Crippen LogP contribution in [0.2, 0.25) is 0 Å². The predicted octanol–water partition coefficient (Wildman–Crippen LogP) is 3.28. The van der Waals surface area contributed by atoms with Gasteiger partial charge in [-0.15, -0.1) is 0 Å². The molecule has 178 valence electrons. The maximum absolute atomic E-state index is 9.51. The van der Waals surface area contributed by atoms with Gasteiger partial charge in [-0.2, -0.15) is 0 Å². The molecular weight excluding hydrogens is 684 g/mol. The van der Waals surface area contributed by atoms with Gasteiger partial charge in [0, 0.05) is 0 Å². The van der Waals surface area contributed by atoms with E-state index in [4.69, 9.17) is 0 Å². The maximum atomic E-state index is 9.51. The van der Waals surface area contributed by atoms with Crippen LogP contribution >= 0.6 is 0 Å². The Bertz CT molecular complexity index is 1570. The van der Waals surface area contributed by atoms with Crippen LogP contribution < -0.4 is 14.0 Å². The monoisotopic (exact) mass is 702 g/mol. The van der Waals surface area contributed by atoms with Crippen molar-refractivity contribution in [2.24, 2.45) is 0 Å². The minimum absolute atomic E-state index is 0.611. The first-order valence-electron chi connectivity index (χ1n) is 11.8. The molecule has 4 nitrogen and oxygen atoms in total. The fraction of sp³-hybridized carbons (Fsp3) is 0. The molecule has 0 spiro atoms. The van der Waals surface area contributed by atoms with E-state index in [1.165, 1.54) is 14.0 Å². The van der Waals surface area contributed by atoms with Gasteiger partial charge in [0.25, 0.3) is 0 Å². The van der Waals surface area contributed by atoms with E-state index in [-0.39, 0.29) is 0 Å². The van der Waals surface area contributed by atoms with E-state index in [0.29, 0.717) is 22.3 Å². The molecule has 0 radical (unpaired) electrons. The summed E-state index contributed by atoms with van der Waals surface area (Å²) in [7, 11) is 0. The second kappa shape index (κ2) is 10.7. The Labute approximate surface area is 225 Å². The second-order valence-electron chi connectivity index (χ2n) is 8.69. The SMILES string of the molecule is N#Cc1cc[c]([Sb]2([c]3ccc(C#N)cc3)=[Sb]([c]3ccc(C#N)cc3)([c]3ccc(C#N)cc3)[CH]=CC=[CH]2)cc1. The third kappa shape index (κ3) is 4.14. The molecule has 0 amide bonds. The van der Waals surface area contributed by atoms with Gasteiger partial charge in [0.05, 0.1) is 0 Å². The molecule has 0 saturated carbocycles. The Kier molecular flexibility index (Phi) is 7.24. The standard InChI is InChI=1S/4C7H4N.C4H4.2Sb/c4*8-6-7-4-2-1-3-5-7;1-3-4-2;;/h4*2-5H;1-4H;;. The molecule has 5 rings (SSSR count). The zero-order valence-corrected chi connectivity index (χ0v) is 25.3. The Balaban J connectivity index is 2.06. The van der Waals surface area contributed by atoms with Crippen LogP contribution in [0.3, 0.4) is 0 Å². The van der Waals surface area contributed by atoms with Crippen LogP contribution in [0.25, 0.3) is 0 Å². The zero-order valence-electron chi connectivity index (χ0n) is 20.2. The van der Waals surface area contributed by atoms with Crippen LogP contribution in [0.1, 0.15) is 22.3 Å². The normalized spacial score (nSPS) is 14.4. The van der Waals surface area contributed by atoms with E-state index in [0.717, 1.165) is 0 Å². The first-order chi connectivity index (χ1) is 18.6. The molecule has 0 bridgehead atoms. The van der Waals surface area contributed by atoms with Gasteiger partial charge in [0.2, 0.25) is 0 Å². The fourth-order valence-corrected chi connectivity index (χ4v) is 72.0. The van der Waals surface area contributed by atoms with Crippen LogP contribution in [-0.2, 0) is 0 Å². The number of nitriles is 4. The fourth-order valence-electron chi connectivity index (χ4n) is 4.98. The van der Waals surface area contributed by atoms with E-state index in [9.17, 15) is 21.0 Å². The van der Waals surface area contributed by atoms with Crippen LogP contribution in [0.4, 0.5) is 0 Å². The summed E-state index contributed by atoms with van der Waals surface area (Å²) in [6, 6.07) is 41.1. The molecule has 0 N–H and O–H groups in total. The summed E-state index contributed by atoms with van der Waals surface area (Å²) in [5, 5.41) is 38.0. The summed E-state index contributed by atoms with van der Waals surface area (Å²) in [6.45, 7) is 0. The summed E-state index contributed by atoms with van der Waals surface area (Å²) in [5.74, 6) is 0. The van der Waals surface area contributed by atoms with Crippen LogP contribution in [0, 0.1) is 45.3 Å². The van der Waals surface area contributed by atoms with Gasteiger partial charge in [0.1, 0.15) is 0 Å². The van der Waals surface area contributed by atoms with Crippen molar-refractivity contribution in [3.8, 4) is 24.3 Å². The van der Waals surface area contributed by atoms with E-state index in [2.05, 4.69) is 93.0 Å². The van der Waals surface area contributed by atoms with Crippen molar-refractivity contribution < 1.29 is 0 Å². The molecule has 0 atom stereocenters. The molecule has 4 aromatic carbocycles. The van der Waals surface area contributed by atoms with Crippen molar-refractivity contribution in [3.63, 3.8) is 0 Å². The van der Waals surface area contributed by atoms with Crippen molar-refractivity contribution in [1.29, 1.82) is 21.0 Å². The van der Waals surface area contributed by atoms with E-state index in [1.807, 2.05) is 48.5 Å². The van der Waals surface area contributed by atoms with Gasteiger partial charge >= 0.3 is 227 Å². The molecule has 38 heavy (non-hydrogen) atoms. The van der Waals surface area contributed by atoms with Crippen molar-refractivity contribution in [3.05, 3.63) is 140 Å². The van der Waals surface area contributed by atoms with Crippen LogP contribution in [-0.4, -0.2) is 28.1 Å². The summed E-state index contributed by atoms with van der Waals surface area (Å²) in [5.41, 5.74) is 2.44. The van der Waals surface area contributed by atoms with E-state index < -0.39 is 28.1 Å².